The van der Waals surface area contributed by atoms with Crippen LogP contribution >= 0.6 is 11.6 Å². The molecule has 0 saturated heterocycles. The van der Waals surface area contributed by atoms with Crippen LogP contribution in [0.15, 0.2) is 42.5 Å². The number of nitrogens with zero attached hydrogens (tertiary/aromatic N) is 2. The van der Waals surface area contributed by atoms with Crippen molar-refractivity contribution >= 4 is 39.1 Å². The zero-order valence-electron chi connectivity index (χ0n) is 21.3. The molecule has 2 atom stereocenters. The SMILES string of the molecule is CC[C@H](C(=O)N[C@@H](C)CC)N(Cc1ccccc1Cl)C(=O)CN(c1cc(C)ccc1C)S(C)(=O)=O. The first-order chi connectivity index (χ1) is 16.4. The average molecular weight is 522 g/mol. The fourth-order valence-corrected chi connectivity index (χ4v) is 4.85. The summed E-state index contributed by atoms with van der Waals surface area (Å²) in [6.45, 7) is 9.00. The van der Waals surface area contributed by atoms with Crippen molar-refractivity contribution in [2.24, 2.45) is 0 Å². The molecule has 9 heteroatoms. The average Bonchev–Trinajstić information content (AvgIpc) is 2.79. The second-order valence-corrected chi connectivity index (χ2v) is 11.2. The maximum absolute atomic E-state index is 13.7. The number of hydrogen-bond donors (Lipinski definition) is 1. The normalized spacial score (nSPS) is 13.1. The van der Waals surface area contributed by atoms with E-state index in [1.807, 2.05) is 45.9 Å². The van der Waals surface area contributed by atoms with E-state index >= 15 is 0 Å². The number of benzene rings is 2. The fourth-order valence-electron chi connectivity index (χ4n) is 3.75. The summed E-state index contributed by atoms with van der Waals surface area (Å²) >= 11 is 6.37. The minimum atomic E-state index is -3.78. The summed E-state index contributed by atoms with van der Waals surface area (Å²) in [5.74, 6) is -0.762. The third kappa shape index (κ3) is 7.70. The Morgan fingerprint density at radius 2 is 1.71 bits per heavy atom. The fraction of sp³-hybridized carbons (Fsp3) is 0.462. The van der Waals surface area contributed by atoms with Gasteiger partial charge < -0.3 is 10.2 Å². The number of rotatable bonds is 11. The van der Waals surface area contributed by atoms with Gasteiger partial charge in [-0.2, -0.15) is 0 Å². The van der Waals surface area contributed by atoms with Crippen LogP contribution in [0, 0.1) is 13.8 Å². The summed E-state index contributed by atoms with van der Waals surface area (Å²) in [7, 11) is -3.78. The maximum atomic E-state index is 13.7. The lowest BCUT2D eigenvalue weighted by Gasteiger charge is -2.34. The molecule has 2 amide bonds. The van der Waals surface area contributed by atoms with Crippen LogP contribution in [0.2, 0.25) is 5.02 Å². The van der Waals surface area contributed by atoms with E-state index in [0.717, 1.165) is 28.1 Å². The molecule has 192 valence electrons. The molecule has 0 heterocycles. The highest BCUT2D eigenvalue weighted by Crippen LogP contribution is 2.25. The predicted octanol–water partition coefficient (Wildman–Crippen LogP) is 4.44. The van der Waals surface area contributed by atoms with E-state index in [1.165, 1.54) is 4.90 Å². The maximum Gasteiger partial charge on any atom is 0.244 e. The molecular weight excluding hydrogens is 486 g/mol. The van der Waals surface area contributed by atoms with Crippen molar-refractivity contribution in [1.82, 2.24) is 10.2 Å². The Balaban J connectivity index is 2.50. The summed E-state index contributed by atoms with van der Waals surface area (Å²) in [4.78, 5) is 28.3. The van der Waals surface area contributed by atoms with Gasteiger partial charge in [0.05, 0.1) is 11.9 Å². The number of hydrogen-bond acceptors (Lipinski definition) is 4. The van der Waals surface area contributed by atoms with Gasteiger partial charge in [-0.15, -0.1) is 0 Å². The van der Waals surface area contributed by atoms with Crippen LogP contribution < -0.4 is 9.62 Å². The highest BCUT2D eigenvalue weighted by molar-refractivity contribution is 7.92. The molecule has 0 aromatic heterocycles. The van der Waals surface area contributed by atoms with Crippen LogP contribution in [0.5, 0.6) is 0 Å². The van der Waals surface area contributed by atoms with Crippen molar-refractivity contribution < 1.29 is 18.0 Å². The molecule has 0 unspecified atom stereocenters. The van der Waals surface area contributed by atoms with Crippen molar-refractivity contribution in [3.05, 3.63) is 64.2 Å². The van der Waals surface area contributed by atoms with Crippen molar-refractivity contribution in [3.8, 4) is 0 Å². The smallest absolute Gasteiger partial charge is 0.244 e. The van der Waals surface area contributed by atoms with Gasteiger partial charge in [0.2, 0.25) is 21.8 Å². The first-order valence-electron chi connectivity index (χ1n) is 11.8. The Labute approximate surface area is 214 Å². The standard InChI is InChI=1S/C26H36ClN3O4S/c1-7-20(5)28-26(32)23(8-2)29(16-21-11-9-10-12-22(21)27)25(31)17-30(35(6,33)34)24-15-18(3)13-14-19(24)4/h9-15,20,23H,7-8,16-17H2,1-6H3,(H,28,32)/t20-,23+/m0/s1. The van der Waals surface area contributed by atoms with E-state index in [0.29, 0.717) is 22.7 Å². The molecule has 0 spiro atoms. The van der Waals surface area contributed by atoms with Gasteiger partial charge in [0, 0.05) is 17.6 Å². The number of carbonyl (C=O) groups is 2. The largest absolute Gasteiger partial charge is 0.352 e. The van der Waals surface area contributed by atoms with Gasteiger partial charge in [-0.25, -0.2) is 8.42 Å². The number of anilines is 1. The number of carbonyl (C=O) groups excluding carboxylic acids is 2. The molecule has 1 N–H and O–H groups in total. The summed E-state index contributed by atoms with van der Waals surface area (Å²) in [5, 5.41) is 3.42. The molecule has 2 aromatic rings. The molecule has 0 bridgehead atoms. The molecule has 0 aliphatic rings. The molecule has 2 aromatic carbocycles. The number of aryl methyl sites for hydroxylation is 2. The number of sulfonamides is 1. The molecular formula is C26H36ClN3O4S. The van der Waals surface area contributed by atoms with Gasteiger partial charge in [-0.3, -0.25) is 13.9 Å². The number of nitrogens with one attached hydrogen (secondary N) is 1. The summed E-state index contributed by atoms with van der Waals surface area (Å²) in [6, 6.07) is 11.7. The van der Waals surface area contributed by atoms with E-state index in [2.05, 4.69) is 5.32 Å². The Kier molecular flexibility index (Phi) is 10.2. The van der Waals surface area contributed by atoms with Gasteiger partial charge >= 0.3 is 0 Å². The molecule has 2 rings (SSSR count). The Morgan fingerprint density at radius 3 is 2.29 bits per heavy atom. The zero-order valence-corrected chi connectivity index (χ0v) is 22.9. The minimum absolute atomic E-state index is 0.0590. The van der Waals surface area contributed by atoms with E-state index in [-0.39, 0.29) is 18.5 Å². The predicted molar refractivity (Wildman–Crippen MR) is 142 cm³/mol. The zero-order chi connectivity index (χ0) is 26.3. The minimum Gasteiger partial charge on any atom is -0.352 e. The molecule has 35 heavy (non-hydrogen) atoms. The Hall–Kier alpha value is -2.58. The van der Waals surface area contributed by atoms with Crippen LogP contribution in [0.1, 0.15) is 50.3 Å². The third-order valence-electron chi connectivity index (χ3n) is 6.00. The molecule has 0 radical (unpaired) electrons. The molecule has 0 fully saturated rings. The molecule has 0 aliphatic heterocycles. The van der Waals surface area contributed by atoms with Gasteiger partial charge in [0.15, 0.2) is 0 Å². The second kappa shape index (κ2) is 12.4. The lowest BCUT2D eigenvalue weighted by Crippen LogP contribution is -2.53. The summed E-state index contributed by atoms with van der Waals surface area (Å²) in [5.41, 5.74) is 2.72. The lowest BCUT2D eigenvalue weighted by molar-refractivity contribution is -0.140. The van der Waals surface area contributed by atoms with Crippen LogP contribution in [0.25, 0.3) is 0 Å². The third-order valence-corrected chi connectivity index (χ3v) is 7.49. The van der Waals surface area contributed by atoms with Gasteiger partial charge in [-0.05, 0) is 62.4 Å². The summed E-state index contributed by atoms with van der Waals surface area (Å²) < 4.78 is 26.7. The summed E-state index contributed by atoms with van der Waals surface area (Å²) in [6.07, 6.45) is 2.18. The van der Waals surface area contributed by atoms with Gasteiger partial charge in [0.25, 0.3) is 0 Å². The van der Waals surface area contributed by atoms with Crippen LogP contribution in [-0.4, -0.2) is 50.0 Å². The first kappa shape index (κ1) is 28.7. The first-order valence-corrected chi connectivity index (χ1v) is 14.0. The molecule has 0 saturated carbocycles. The quantitative estimate of drug-likeness (QED) is 0.473. The second-order valence-electron chi connectivity index (χ2n) is 8.91. The highest BCUT2D eigenvalue weighted by Gasteiger charge is 2.32. The molecule has 0 aliphatic carbocycles. The Morgan fingerprint density at radius 1 is 1.06 bits per heavy atom. The van der Waals surface area contributed by atoms with Crippen LogP contribution in [0.3, 0.4) is 0 Å². The van der Waals surface area contributed by atoms with Crippen molar-refractivity contribution in [2.45, 2.75) is 66.1 Å². The van der Waals surface area contributed by atoms with E-state index in [1.54, 1.807) is 31.2 Å². The number of halogens is 1. The highest BCUT2D eigenvalue weighted by atomic mass is 35.5. The topological polar surface area (TPSA) is 86.8 Å². The van der Waals surface area contributed by atoms with Gasteiger partial charge in [-0.1, -0.05) is 55.8 Å². The van der Waals surface area contributed by atoms with Crippen molar-refractivity contribution in [3.63, 3.8) is 0 Å². The monoisotopic (exact) mass is 521 g/mol. The van der Waals surface area contributed by atoms with Gasteiger partial charge in [0.1, 0.15) is 12.6 Å². The van der Waals surface area contributed by atoms with Crippen LogP contribution in [-0.2, 0) is 26.2 Å². The van der Waals surface area contributed by atoms with Crippen molar-refractivity contribution in [1.29, 1.82) is 0 Å². The van der Waals surface area contributed by atoms with E-state index in [9.17, 15) is 18.0 Å². The van der Waals surface area contributed by atoms with Crippen LogP contribution in [0.4, 0.5) is 5.69 Å². The number of amides is 2. The van der Waals surface area contributed by atoms with Crippen molar-refractivity contribution in [2.75, 3.05) is 17.1 Å². The lowest BCUT2D eigenvalue weighted by atomic mass is 10.1. The Bertz CT molecular complexity index is 1150. The molecule has 7 nitrogen and oxygen atoms in total. The van der Waals surface area contributed by atoms with E-state index in [4.69, 9.17) is 11.6 Å². The van der Waals surface area contributed by atoms with E-state index < -0.39 is 28.5 Å².